The van der Waals surface area contributed by atoms with E-state index < -0.39 is 12.4 Å². The van der Waals surface area contributed by atoms with Gasteiger partial charge in [-0.1, -0.05) is 61.5 Å². The molecule has 3 aromatic carbocycles. The van der Waals surface area contributed by atoms with Crippen molar-refractivity contribution in [2.24, 2.45) is 10.8 Å². The third-order valence-electron chi connectivity index (χ3n) is 8.63. The van der Waals surface area contributed by atoms with Gasteiger partial charge in [0.05, 0.1) is 5.69 Å². The van der Waals surface area contributed by atoms with Crippen molar-refractivity contribution in [3.8, 4) is 22.8 Å². The van der Waals surface area contributed by atoms with E-state index in [1.807, 2.05) is 24.3 Å². The maximum atomic E-state index is 13.6. The van der Waals surface area contributed by atoms with E-state index in [4.69, 9.17) is 5.84 Å². The lowest BCUT2D eigenvalue weighted by molar-refractivity contribution is -0.274. The molecular formula is C36H38F3N7O2S. The molecule has 0 bridgehead atoms. The van der Waals surface area contributed by atoms with E-state index in [1.54, 1.807) is 11.8 Å². The van der Waals surface area contributed by atoms with Crippen molar-refractivity contribution in [1.29, 1.82) is 0 Å². The molecule has 0 radical (unpaired) electrons. The monoisotopic (exact) mass is 689 g/mol. The summed E-state index contributed by atoms with van der Waals surface area (Å²) in [6.07, 6.45) is 1.98. The summed E-state index contributed by atoms with van der Waals surface area (Å²) in [4.78, 5) is 24.8. The van der Waals surface area contributed by atoms with E-state index in [9.17, 15) is 18.0 Å². The molecule has 1 fully saturated rings. The maximum Gasteiger partial charge on any atom is 0.573 e. The summed E-state index contributed by atoms with van der Waals surface area (Å²) >= 11 is 1.59. The molecule has 256 valence electrons. The van der Waals surface area contributed by atoms with E-state index in [-0.39, 0.29) is 11.8 Å². The van der Waals surface area contributed by atoms with Crippen LogP contribution >= 0.6 is 11.8 Å². The van der Waals surface area contributed by atoms with Gasteiger partial charge in [0.1, 0.15) is 12.1 Å². The lowest BCUT2D eigenvalue weighted by atomic mass is 10.0. The van der Waals surface area contributed by atoms with Gasteiger partial charge in [-0.05, 0) is 98.5 Å². The predicted molar refractivity (Wildman–Crippen MR) is 187 cm³/mol. The molecule has 1 aliphatic heterocycles. The van der Waals surface area contributed by atoms with Crippen LogP contribution in [0.25, 0.3) is 22.6 Å². The zero-order valence-corrected chi connectivity index (χ0v) is 28.4. The van der Waals surface area contributed by atoms with Crippen LogP contribution in [0.15, 0.2) is 83.7 Å². The summed E-state index contributed by atoms with van der Waals surface area (Å²) in [5.74, 6) is 7.52. The Bertz CT molecular complexity index is 1870. The Labute approximate surface area is 287 Å². The molecule has 1 atom stereocenters. The van der Waals surface area contributed by atoms with Crippen LogP contribution in [0.2, 0.25) is 0 Å². The minimum absolute atomic E-state index is 0.190. The number of aryl methyl sites for hydroxylation is 2. The van der Waals surface area contributed by atoms with Crippen LogP contribution in [0.1, 0.15) is 62.6 Å². The van der Waals surface area contributed by atoms with Gasteiger partial charge in [0.15, 0.2) is 11.0 Å². The van der Waals surface area contributed by atoms with E-state index in [1.165, 1.54) is 45.8 Å². The Hall–Kier alpha value is -4.62. The Morgan fingerprint density at radius 2 is 1.82 bits per heavy atom. The fourth-order valence-electron chi connectivity index (χ4n) is 6.21. The molecular weight excluding hydrogens is 652 g/mol. The Morgan fingerprint density at radius 3 is 2.53 bits per heavy atom. The number of rotatable bonds is 8. The number of hydrogen-bond acceptors (Lipinski definition) is 6. The molecule has 4 aromatic rings. The number of amidine groups is 1. The number of anilines is 1. The van der Waals surface area contributed by atoms with E-state index in [2.05, 4.69) is 63.7 Å². The number of thioether (sulfide) groups is 1. The molecule has 1 aromatic heterocycles. The number of urea groups is 1. The van der Waals surface area contributed by atoms with Gasteiger partial charge in [-0.2, -0.15) is 4.99 Å². The lowest BCUT2D eigenvalue weighted by Gasteiger charge is -2.37. The molecule has 2 aliphatic rings. The second kappa shape index (κ2) is 14.5. The summed E-state index contributed by atoms with van der Waals surface area (Å²) in [5.41, 5.74) is 7.49. The predicted octanol–water partition coefficient (Wildman–Crippen LogP) is 8.67. The summed E-state index contributed by atoms with van der Waals surface area (Å²) in [6.45, 7) is 6.42. The number of halogens is 3. The number of aromatic nitrogens is 3. The number of nitrogens with zero attached hydrogens (tertiary/aromatic N) is 6. The van der Waals surface area contributed by atoms with Gasteiger partial charge < -0.3 is 9.64 Å². The number of hydrazine groups is 1. The van der Waals surface area contributed by atoms with Crippen molar-refractivity contribution in [2.75, 3.05) is 10.7 Å². The minimum atomic E-state index is -4.76. The quantitative estimate of drug-likeness (QED) is 0.112. The summed E-state index contributed by atoms with van der Waals surface area (Å²) in [7, 11) is 0. The molecule has 1 unspecified atom stereocenters. The molecule has 13 heteroatoms. The van der Waals surface area contributed by atoms with Gasteiger partial charge in [0.25, 0.3) is 0 Å². The second-order valence-corrected chi connectivity index (χ2v) is 13.3. The average molecular weight is 690 g/mol. The summed E-state index contributed by atoms with van der Waals surface area (Å²) in [5, 5.41) is 6.37. The SMILES string of the molecule is CCCc1ccc(C)cc1N1C(=NC(=O)N(N)C2=C(c3ccc(-c4ncn(-c5ccc(OC(F)(F)F)cc5)n4)cc3)CCC2)SCCC1C. The lowest BCUT2D eigenvalue weighted by Crippen LogP contribution is -2.43. The van der Waals surface area contributed by atoms with Crippen molar-refractivity contribution in [3.05, 3.63) is 95.4 Å². The number of aliphatic imine (C=N–C) groups is 1. The number of nitrogens with two attached hydrogens (primary N) is 1. The number of carbonyl (C=O) groups is 1. The molecule has 1 saturated heterocycles. The van der Waals surface area contributed by atoms with Gasteiger partial charge in [0, 0.05) is 28.7 Å². The fraction of sp³-hybridized carbons (Fsp3) is 0.333. The van der Waals surface area contributed by atoms with Crippen LogP contribution in [-0.4, -0.2) is 49.1 Å². The van der Waals surface area contributed by atoms with Gasteiger partial charge in [0.2, 0.25) is 0 Å². The highest BCUT2D eigenvalue weighted by Gasteiger charge is 2.32. The smallest absolute Gasteiger partial charge is 0.406 e. The third-order valence-corrected chi connectivity index (χ3v) is 9.61. The molecule has 1 aliphatic carbocycles. The van der Waals surface area contributed by atoms with Crippen LogP contribution in [0.3, 0.4) is 0 Å². The van der Waals surface area contributed by atoms with Crippen LogP contribution in [0.4, 0.5) is 23.7 Å². The summed E-state index contributed by atoms with van der Waals surface area (Å²) < 4.78 is 42.9. The molecule has 2 amide bonds. The molecule has 6 rings (SSSR count). The first-order valence-electron chi connectivity index (χ1n) is 16.3. The largest absolute Gasteiger partial charge is 0.573 e. The normalized spacial score (nSPS) is 17.6. The number of alkyl halides is 3. The van der Waals surface area contributed by atoms with Crippen molar-refractivity contribution in [3.63, 3.8) is 0 Å². The van der Waals surface area contributed by atoms with Crippen molar-refractivity contribution in [1.82, 2.24) is 19.8 Å². The van der Waals surface area contributed by atoms with Gasteiger partial charge in [-0.3, -0.25) is 0 Å². The van der Waals surface area contributed by atoms with Gasteiger partial charge in [-0.15, -0.1) is 18.3 Å². The standard InChI is InChI=1S/C36H38F3N7O2S/c1-4-6-26-10-9-23(2)21-32(26)45-24(3)19-20-49-35(45)42-34(47)46(40)31-8-5-7-30(31)25-11-13-27(14-12-25)33-41-22-44(43-33)28-15-17-29(18-16-28)48-36(37,38)39/h9-18,21-22,24H,4-8,19-20,40H2,1-3H3. The number of ether oxygens (including phenoxy) is 1. The molecule has 0 saturated carbocycles. The first-order chi connectivity index (χ1) is 23.5. The van der Waals surface area contributed by atoms with Gasteiger partial charge in [-0.25, -0.2) is 25.3 Å². The van der Waals surface area contributed by atoms with Crippen LogP contribution < -0.4 is 15.5 Å². The van der Waals surface area contributed by atoms with Crippen LogP contribution in [0, 0.1) is 6.92 Å². The summed E-state index contributed by atoms with van der Waals surface area (Å²) in [6, 6.07) is 19.3. The van der Waals surface area contributed by atoms with E-state index in [0.29, 0.717) is 23.1 Å². The Kier molecular flexibility index (Phi) is 10.1. The number of hydrogen-bond donors (Lipinski definition) is 1. The highest BCUT2D eigenvalue weighted by Crippen LogP contribution is 2.37. The van der Waals surface area contributed by atoms with Crippen molar-refractivity contribution >= 4 is 34.2 Å². The van der Waals surface area contributed by atoms with Crippen molar-refractivity contribution in [2.45, 2.75) is 71.7 Å². The molecule has 49 heavy (non-hydrogen) atoms. The van der Waals surface area contributed by atoms with E-state index >= 15 is 0 Å². The first kappa shape index (κ1) is 34.3. The van der Waals surface area contributed by atoms with Crippen LogP contribution in [-0.2, 0) is 6.42 Å². The van der Waals surface area contributed by atoms with E-state index in [0.717, 1.165) is 71.5 Å². The minimum Gasteiger partial charge on any atom is -0.406 e. The van der Waals surface area contributed by atoms with Gasteiger partial charge >= 0.3 is 12.4 Å². The maximum absolute atomic E-state index is 13.6. The third kappa shape index (κ3) is 7.83. The number of allylic oxidation sites excluding steroid dienone is 2. The highest BCUT2D eigenvalue weighted by molar-refractivity contribution is 8.14. The zero-order chi connectivity index (χ0) is 34.7. The molecule has 9 nitrogen and oxygen atoms in total. The molecule has 2 N–H and O–H groups in total. The van der Waals surface area contributed by atoms with Crippen LogP contribution in [0.5, 0.6) is 5.75 Å². The second-order valence-electron chi connectivity index (χ2n) is 12.2. The first-order valence-corrected chi connectivity index (χ1v) is 17.3. The highest BCUT2D eigenvalue weighted by atomic mass is 32.2. The molecule has 2 heterocycles. The average Bonchev–Trinajstić information content (AvgIpc) is 3.76. The zero-order valence-electron chi connectivity index (χ0n) is 27.6. The topological polar surface area (TPSA) is 102 Å². The number of benzene rings is 3. The number of carbonyl (C=O) groups excluding carboxylic acids is 1. The number of amides is 2. The Balaban J connectivity index is 1.20. The molecule has 0 spiro atoms. The Morgan fingerprint density at radius 1 is 1.08 bits per heavy atom. The fourth-order valence-corrected chi connectivity index (χ4v) is 7.41. The van der Waals surface area contributed by atoms with Crippen molar-refractivity contribution < 1.29 is 22.7 Å².